The maximum absolute atomic E-state index is 12.1. The third-order valence-electron chi connectivity index (χ3n) is 2.29. The monoisotopic (exact) mass is 239 g/mol. The van der Waals surface area contributed by atoms with E-state index in [2.05, 4.69) is 0 Å². The van der Waals surface area contributed by atoms with Crippen LogP contribution in [0.15, 0.2) is 29.2 Å². The molecule has 0 aromatic heterocycles. The summed E-state index contributed by atoms with van der Waals surface area (Å²) in [4.78, 5) is 0.0957. The second kappa shape index (κ2) is 4.14. The van der Waals surface area contributed by atoms with Crippen molar-refractivity contribution in [3.05, 3.63) is 24.3 Å². The normalized spacial score (nSPS) is 11.9. The lowest BCUT2D eigenvalue weighted by Gasteiger charge is -2.16. The molecule has 0 atom stereocenters. The molecule has 0 aliphatic rings. The van der Waals surface area contributed by atoms with Gasteiger partial charge in [-0.05, 0) is 32.0 Å². The summed E-state index contributed by atoms with van der Waals surface area (Å²) < 4.78 is 27.7. The Morgan fingerprint density at radius 3 is 2.50 bits per heavy atom. The number of benzene rings is 1. The van der Waals surface area contributed by atoms with Gasteiger partial charge < -0.3 is 4.74 Å². The highest BCUT2D eigenvalue weighted by atomic mass is 32.2. The van der Waals surface area contributed by atoms with Crippen molar-refractivity contribution in [2.45, 2.75) is 23.5 Å². The van der Waals surface area contributed by atoms with E-state index < -0.39 is 14.6 Å². The summed E-state index contributed by atoms with van der Waals surface area (Å²) in [6.45, 7) is 2.75. The molecule has 16 heavy (non-hydrogen) atoms. The van der Waals surface area contributed by atoms with Crippen molar-refractivity contribution in [2.75, 3.05) is 7.11 Å². The summed E-state index contributed by atoms with van der Waals surface area (Å²) in [5.74, 6) is 0.454. The first kappa shape index (κ1) is 12.5. The quantitative estimate of drug-likeness (QED) is 0.806. The molecule has 0 heterocycles. The second-order valence-electron chi connectivity index (χ2n) is 3.80. The van der Waals surface area contributed by atoms with Gasteiger partial charge in [0.1, 0.15) is 5.75 Å². The van der Waals surface area contributed by atoms with Gasteiger partial charge in [0.2, 0.25) is 0 Å². The van der Waals surface area contributed by atoms with Crippen LogP contribution in [0.2, 0.25) is 0 Å². The lowest BCUT2D eigenvalue weighted by atomic mass is 10.2. The average molecular weight is 239 g/mol. The van der Waals surface area contributed by atoms with Crippen molar-refractivity contribution in [2.24, 2.45) is 0 Å². The van der Waals surface area contributed by atoms with Gasteiger partial charge in [0.25, 0.3) is 0 Å². The largest absolute Gasteiger partial charge is 0.497 e. The molecule has 0 fully saturated rings. The summed E-state index contributed by atoms with van der Waals surface area (Å²) in [6.07, 6.45) is 0. The molecule has 0 unspecified atom stereocenters. The van der Waals surface area contributed by atoms with Gasteiger partial charge in [-0.1, -0.05) is 6.07 Å². The number of nitriles is 1. The standard InChI is InChI=1S/C11H13NO3S/c1-11(2,8-12)16(13,14)10-6-4-5-9(7-10)15-3/h4-7H,1-3H3. The molecular weight excluding hydrogens is 226 g/mol. The van der Waals surface area contributed by atoms with Gasteiger partial charge in [-0.3, -0.25) is 0 Å². The zero-order valence-corrected chi connectivity index (χ0v) is 10.2. The lowest BCUT2D eigenvalue weighted by Crippen LogP contribution is -2.29. The number of hydrogen-bond donors (Lipinski definition) is 0. The molecular formula is C11H13NO3S. The van der Waals surface area contributed by atoms with Crippen LogP contribution in [0.3, 0.4) is 0 Å². The summed E-state index contributed by atoms with van der Waals surface area (Å²) >= 11 is 0. The Morgan fingerprint density at radius 2 is 2.00 bits per heavy atom. The molecule has 0 N–H and O–H groups in total. The van der Waals surface area contributed by atoms with Gasteiger partial charge in [0.15, 0.2) is 14.6 Å². The minimum atomic E-state index is -3.66. The third kappa shape index (κ3) is 2.02. The second-order valence-corrected chi connectivity index (χ2v) is 6.30. The Balaban J connectivity index is 3.35. The van der Waals surface area contributed by atoms with Crippen molar-refractivity contribution in [3.8, 4) is 11.8 Å². The van der Waals surface area contributed by atoms with E-state index in [1.807, 2.05) is 0 Å². The predicted molar refractivity (Wildman–Crippen MR) is 59.9 cm³/mol. The molecule has 1 aromatic carbocycles. The highest BCUT2D eigenvalue weighted by molar-refractivity contribution is 7.93. The predicted octanol–water partition coefficient (Wildman–Crippen LogP) is 1.77. The minimum Gasteiger partial charge on any atom is -0.497 e. The van der Waals surface area contributed by atoms with Crippen LogP contribution in [0.5, 0.6) is 5.75 Å². The van der Waals surface area contributed by atoms with E-state index in [-0.39, 0.29) is 4.90 Å². The smallest absolute Gasteiger partial charge is 0.196 e. The summed E-state index contributed by atoms with van der Waals surface area (Å²) in [7, 11) is -2.20. The number of hydrogen-bond acceptors (Lipinski definition) is 4. The molecule has 4 nitrogen and oxygen atoms in total. The van der Waals surface area contributed by atoms with E-state index in [0.717, 1.165) is 0 Å². The van der Waals surface area contributed by atoms with Crippen molar-refractivity contribution >= 4 is 9.84 Å². The van der Waals surface area contributed by atoms with Crippen LogP contribution < -0.4 is 4.74 Å². The molecule has 1 rings (SSSR count). The molecule has 0 aliphatic carbocycles. The third-order valence-corrected chi connectivity index (χ3v) is 4.60. The van der Waals surface area contributed by atoms with E-state index in [9.17, 15) is 8.42 Å². The molecule has 1 aromatic rings. The topological polar surface area (TPSA) is 67.2 Å². The SMILES string of the molecule is COc1cccc(S(=O)(=O)C(C)(C)C#N)c1. The fourth-order valence-electron chi connectivity index (χ4n) is 1.12. The maximum Gasteiger partial charge on any atom is 0.196 e. The van der Waals surface area contributed by atoms with E-state index in [0.29, 0.717) is 5.75 Å². The zero-order chi connectivity index (χ0) is 12.4. The Hall–Kier alpha value is -1.54. The van der Waals surface area contributed by atoms with Crippen molar-refractivity contribution in [3.63, 3.8) is 0 Å². The van der Waals surface area contributed by atoms with Gasteiger partial charge >= 0.3 is 0 Å². The van der Waals surface area contributed by atoms with E-state index in [4.69, 9.17) is 10.00 Å². The number of sulfone groups is 1. The zero-order valence-electron chi connectivity index (χ0n) is 9.39. The minimum absolute atomic E-state index is 0.0957. The maximum atomic E-state index is 12.1. The number of methoxy groups -OCH3 is 1. The van der Waals surface area contributed by atoms with Crippen molar-refractivity contribution in [1.29, 1.82) is 5.26 Å². The molecule has 0 saturated carbocycles. The van der Waals surface area contributed by atoms with Crippen LogP contribution in [0.4, 0.5) is 0 Å². The summed E-state index contributed by atoms with van der Waals surface area (Å²) in [5.41, 5.74) is 0. The highest BCUT2D eigenvalue weighted by Crippen LogP contribution is 2.26. The average Bonchev–Trinajstić information content (AvgIpc) is 2.28. The van der Waals surface area contributed by atoms with Crippen LogP contribution in [0.25, 0.3) is 0 Å². The number of ether oxygens (including phenoxy) is 1. The van der Waals surface area contributed by atoms with Crippen molar-refractivity contribution in [1.82, 2.24) is 0 Å². The molecule has 0 radical (unpaired) electrons. The highest BCUT2D eigenvalue weighted by Gasteiger charge is 2.36. The molecule has 0 amide bonds. The Kier molecular flexibility index (Phi) is 3.24. The van der Waals surface area contributed by atoms with Crippen LogP contribution >= 0.6 is 0 Å². The first-order chi connectivity index (χ1) is 7.35. The van der Waals surface area contributed by atoms with Gasteiger partial charge in [0, 0.05) is 0 Å². The lowest BCUT2D eigenvalue weighted by molar-refractivity contribution is 0.413. The number of nitrogens with zero attached hydrogens (tertiary/aromatic N) is 1. The van der Waals surface area contributed by atoms with Crippen LogP contribution in [-0.4, -0.2) is 20.3 Å². The van der Waals surface area contributed by atoms with Crippen LogP contribution in [0, 0.1) is 11.3 Å². The van der Waals surface area contributed by atoms with E-state index in [1.165, 1.54) is 33.1 Å². The van der Waals surface area contributed by atoms with Gasteiger partial charge in [-0.15, -0.1) is 0 Å². The summed E-state index contributed by atoms with van der Waals surface area (Å²) in [6, 6.07) is 7.89. The van der Waals surface area contributed by atoms with Gasteiger partial charge in [-0.2, -0.15) is 5.26 Å². The number of rotatable bonds is 3. The first-order valence-corrected chi connectivity index (χ1v) is 6.13. The van der Waals surface area contributed by atoms with E-state index in [1.54, 1.807) is 18.2 Å². The molecule has 0 spiro atoms. The molecule has 0 aliphatic heterocycles. The van der Waals surface area contributed by atoms with Gasteiger partial charge in [0.05, 0.1) is 18.1 Å². The van der Waals surface area contributed by atoms with Crippen molar-refractivity contribution < 1.29 is 13.2 Å². The Labute approximate surface area is 95.4 Å². The van der Waals surface area contributed by atoms with Crippen LogP contribution in [-0.2, 0) is 9.84 Å². The Morgan fingerprint density at radius 1 is 1.38 bits per heavy atom. The fourth-order valence-corrected chi connectivity index (χ4v) is 2.36. The Bertz CT molecular complexity index is 526. The molecule has 0 saturated heterocycles. The molecule has 86 valence electrons. The molecule has 5 heteroatoms. The first-order valence-electron chi connectivity index (χ1n) is 4.65. The fraction of sp³-hybridized carbons (Fsp3) is 0.364. The summed E-state index contributed by atoms with van der Waals surface area (Å²) in [5, 5.41) is 8.86. The van der Waals surface area contributed by atoms with E-state index >= 15 is 0 Å². The molecule has 0 bridgehead atoms. The van der Waals surface area contributed by atoms with Gasteiger partial charge in [-0.25, -0.2) is 8.42 Å². The van der Waals surface area contributed by atoms with Crippen LogP contribution in [0.1, 0.15) is 13.8 Å².